The monoisotopic (exact) mass is 354 g/mol. The molecule has 1 aromatic rings. The zero-order valence-electron chi connectivity index (χ0n) is 15.0. The highest BCUT2D eigenvalue weighted by molar-refractivity contribution is 7.88. The van der Waals surface area contributed by atoms with Crippen molar-refractivity contribution in [2.24, 2.45) is 0 Å². The maximum Gasteiger partial charge on any atom is 0.215 e. The van der Waals surface area contributed by atoms with E-state index in [1.54, 1.807) is 0 Å². The number of hydrogen-bond donors (Lipinski definition) is 1. The Morgan fingerprint density at radius 3 is 2.58 bits per heavy atom. The average Bonchev–Trinajstić information content (AvgIpc) is 2.45. The quantitative estimate of drug-likeness (QED) is 0.728. The molecule has 0 aliphatic carbocycles. The van der Waals surface area contributed by atoms with E-state index in [0.717, 1.165) is 43.6 Å². The maximum atomic E-state index is 12.1. The van der Waals surface area contributed by atoms with Crippen LogP contribution in [0.1, 0.15) is 37.8 Å². The summed E-state index contributed by atoms with van der Waals surface area (Å²) in [6.07, 6.45) is 2.41. The number of rotatable bonds is 8. The van der Waals surface area contributed by atoms with Gasteiger partial charge in [0, 0.05) is 19.6 Å². The summed E-state index contributed by atoms with van der Waals surface area (Å²) in [5, 5.41) is 0. The third kappa shape index (κ3) is 6.89. The van der Waals surface area contributed by atoms with E-state index in [2.05, 4.69) is 23.5 Å². The Balaban J connectivity index is 1.66. The molecule has 136 valence electrons. The molecule has 0 amide bonds. The number of morpholine rings is 1. The van der Waals surface area contributed by atoms with Gasteiger partial charge in [-0.25, -0.2) is 13.1 Å². The normalized spacial score (nSPS) is 22.6. The molecule has 1 aliphatic heterocycles. The van der Waals surface area contributed by atoms with Gasteiger partial charge in [0.05, 0.1) is 18.0 Å². The van der Waals surface area contributed by atoms with Crippen LogP contribution < -0.4 is 4.72 Å². The van der Waals surface area contributed by atoms with Crippen LogP contribution in [0.3, 0.4) is 0 Å². The van der Waals surface area contributed by atoms with E-state index >= 15 is 0 Å². The van der Waals surface area contributed by atoms with E-state index < -0.39 is 10.0 Å². The van der Waals surface area contributed by atoms with E-state index in [1.807, 2.05) is 31.2 Å². The Morgan fingerprint density at radius 2 is 1.92 bits per heavy atom. The number of sulfonamides is 1. The standard InChI is InChI=1S/C18H30N2O3S/c1-15-7-6-8-18(11-15)14-24(21,22)19-9-4-5-10-20-12-16(2)23-17(3)13-20/h6-8,11,16-17,19H,4-5,9-10,12-14H2,1-3H3. The largest absolute Gasteiger partial charge is 0.373 e. The summed E-state index contributed by atoms with van der Waals surface area (Å²) in [5.74, 6) is 0.0488. The summed E-state index contributed by atoms with van der Waals surface area (Å²) in [5.41, 5.74) is 1.91. The average molecular weight is 355 g/mol. The Labute approximate surface area is 146 Å². The molecule has 0 radical (unpaired) electrons. The third-order valence-electron chi connectivity index (χ3n) is 4.16. The second kappa shape index (κ2) is 8.94. The van der Waals surface area contributed by atoms with Crippen molar-refractivity contribution in [3.05, 3.63) is 35.4 Å². The van der Waals surface area contributed by atoms with Crippen molar-refractivity contribution in [2.75, 3.05) is 26.2 Å². The lowest BCUT2D eigenvalue weighted by atomic mass is 10.2. The Morgan fingerprint density at radius 1 is 1.21 bits per heavy atom. The lowest BCUT2D eigenvalue weighted by Gasteiger charge is -2.35. The molecule has 0 saturated carbocycles. The fourth-order valence-electron chi connectivity index (χ4n) is 3.23. The number of nitrogens with one attached hydrogen (secondary N) is 1. The van der Waals surface area contributed by atoms with E-state index in [-0.39, 0.29) is 18.0 Å². The van der Waals surface area contributed by atoms with Crippen molar-refractivity contribution in [1.29, 1.82) is 0 Å². The lowest BCUT2D eigenvalue weighted by Crippen LogP contribution is -2.45. The summed E-state index contributed by atoms with van der Waals surface area (Å²) in [6, 6.07) is 7.63. The van der Waals surface area contributed by atoms with Gasteiger partial charge in [-0.15, -0.1) is 0 Å². The Hall–Kier alpha value is -0.950. The van der Waals surface area contributed by atoms with E-state index in [4.69, 9.17) is 4.74 Å². The molecule has 6 heteroatoms. The topological polar surface area (TPSA) is 58.6 Å². The van der Waals surface area contributed by atoms with Crippen molar-refractivity contribution in [2.45, 2.75) is 51.6 Å². The van der Waals surface area contributed by atoms with Crippen LogP contribution in [0.5, 0.6) is 0 Å². The number of nitrogens with zero attached hydrogens (tertiary/aromatic N) is 1. The van der Waals surface area contributed by atoms with Gasteiger partial charge in [0.2, 0.25) is 10.0 Å². The Bertz CT molecular complexity index is 608. The van der Waals surface area contributed by atoms with E-state index in [9.17, 15) is 8.42 Å². The number of unbranched alkanes of at least 4 members (excludes halogenated alkanes) is 1. The van der Waals surface area contributed by atoms with E-state index in [1.165, 1.54) is 0 Å². The minimum Gasteiger partial charge on any atom is -0.373 e. The molecule has 2 unspecified atom stereocenters. The molecular weight excluding hydrogens is 324 g/mol. The molecule has 2 atom stereocenters. The van der Waals surface area contributed by atoms with Gasteiger partial charge in [0.1, 0.15) is 0 Å². The molecule has 24 heavy (non-hydrogen) atoms. The first kappa shape index (κ1) is 19.4. The van der Waals surface area contributed by atoms with Gasteiger partial charge in [-0.2, -0.15) is 0 Å². The molecule has 1 aromatic carbocycles. The zero-order valence-corrected chi connectivity index (χ0v) is 15.8. The van der Waals surface area contributed by atoms with Crippen molar-refractivity contribution in [3.63, 3.8) is 0 Å². The summed E-state index contributed by atoms with van der Waals surface area (Å²) in [4.78, 5) is 2.40. The summed E-state index contributed by atoms with van der Waals surface area (Å²) < 4.78 is 32.7. The summed E-state index contributed by atoms with van der Waals surface area (Å²) >= 11 is 0. The molecule has 1 fully saturated rings. The van der Waals surface area contributed by atoms with Crippen molar-refractivity contribution >= 4 is 10.0 Å². The van der Waals surface area contributed by atoms with Crippen LogP contribution in [0.15, 0.2) is 24.3 Å². The highest BCUT2D eigenvalue weighted by Gasteiger charge is 2.21. The molecule has 5 nitrogen and oxygen atoms in total. The van der Waals surface area contributed by atoms with E-state index in [0.29, 0.717) is 6.54 Å². The number of aryl methyl sites for hydroxylation is 1. The van der Waals surface area contributed by atoms with Crippen molar-refractivity contribution in [3.8, 4) is 0 Å². The van der Waals surface area contributed by atoms with Gasteiger partial charge < -0.3 is 4.74 Å². The van der Waals surface area contributed by atoms with Crippen LogP contribution in [0.25, 0.3) is 0 Å². The highest BCUT2D eigenvalue weighted by Crippen LogP contribution is 2.11. The lowest BCUT2D eigenvalue weighted by molar-refractivity contribution is -0.0681. The zero-order chi connectivity index (χ0) is 17.6. The molecule has 0 aromatic heterocycles. The predicted octanol–water partition coefficient (Wildman–Crippen LogP) is 2.30. The number of hydrogen-bond acceptors (Lipinski definition) is 4. The van der Waals surface area contributed by atoms with Gasteiger partial charge in [-0.1, -0.05) is 29.8 Å². The first-order valence-electron chi connectivity index (χ1n) is 8.75. The van der Waals surface area contributed by atoms with Gasteiger partial charge in [-0.05, 0) is 45.7 Å². The summed E-state index contributed by atoms with van der Waals surface area (Å²) in [7, 11) is -3.26. The van der Waals surface area contributed by atoms with Crippen LogP contribution in [-0.4, -0.2) is 51.7 Å². The molecular formula is C18H30N2O3S. The maximum absolute atomic E-state index is 12.1. The minimum absolute atomic E-state index is 0.0488. The first-order chi connectivity index (χ1) is 11.3. The molecule has 0 spiro atoms. The van der Waals surface area contributed by atoms with Gasteiger partial charge in [-0.3, -0.25) is 4.90 Å². The van der Waals surface area contributed by atoms with Crippen LogP contribution >= 0.6 is 0 Å². The van der Waals surface area contributed by atoms with Crippen molar-refractivity contribution in [1.82, 2.24) is 9.62 Å². The van der Waals surface area contributed by atoms with Crippen LogP contribution in [0, 0.1) is 6.92 Å². The van der Waals surface area contributed by atoms with Gasteiger partial charge in [0.25, 0.3) is 0 Å². The number of ether oxygens (including phenoxy) is 1. The molecule has 1 aliphatic rings. The van der Waals surface area contributed by atoms with Crippen LogP contribution in [0.2, 0.25) is 0 Å². The second-order valence-corrected chi connectivity index (χ2v) is 8.67. The van der Waals surface area contributed by atoms with Crippen molar-refractivity contribution < 1.29 is 13.2 Å². The first-order valence-corrected chi connectivity index (χ1v) is 10.4. The smallest absolute Gasteiger partial charge is 0.215 e. The number of benzene rings is 1. The molecule has 1 N–H and O–H groups in total. The fourth-order valence-corrected chi connectivity index (χ4v) is 4.40. The molecule has 1 heterocycles. The van der Waals surface area contributed by atoms with Gasteiger partial charge >= 0.3 is 0 Å². The minimum atomic E-state index is -3.26. The SMILES string of the molecule is Cc1cccc(CS(=O)(=O)NCCCCN2CC(C)OC(C)C2)c1. The fraction of sp³-hybridized carbons (Fsp3) is 0.667. The molecule has 1 saturated heterocycles. The third-order valence-corrected chi connectivity index (χ3v) is 5.51. The molecule has 0 bridgehead atoms. The van der Waals surface area contributed by atoms with Gasteiger partial charge in [0.15, 0.2) is 0 Å². The predicted molar refractivity (Wildman–Crippen MR) is 97.5 cm³/mol. The van der Waals surface area contributed by atoms with Crippen LogP contribution in [-0.2, 0) is 20.5 Å². The molecule has 2 rings (SSSR count). The highest BCUT2D eigenvalue weighted by atomic mass is 32.2. The summed E-state index contributed by atoms with van der Waals surface area (Å²) in [6.45, 7) is 9.59. The Kier molecular flexibility index (Phi) is 7.22. The second-order valence-electron chi connectivity index (χ2n) is 6.87. The van der Waals surface area contributed by atoms with Crippen LogP contribution in [0.4, 0.5) is 0 Å².